The Morgan fingerprint density at radius 2 is 0.824 bits per heavy atom. The van der Waals surface area contributed by atoms with E-state index in [0.717, 1.165) is 18.8 Å². The van der Waals surface area contributed by atoms with E-state index >= 15 is 0 Å². The van der Waals surface area contributed by atoms with Crippen LogP contribution in [0, 0.1) is 0 Å². The molecule has 0 unspecified atom stereocenters. The molecule has 0 N–H and O–H groups in total. The lowest BCUT2D eigenvalue weighted by atomic mass is 10.1. The maximum atomic E-state index is 6.06. The Kier molecular flexibility index (Phi) is 30.5. The van der Waals surface area contributed by atoms with E-state index in [1.54, 1.807) is 0 Å². The standard InChI is InChI=1S/C32H62ClN/c1-3-5-7-9-11-13-15-16-17-18-19-20-22-24-26-28-31-34(32-29-33)30-27-25-23-21-14-12-10-8-6-4-2/h11,13,16-17H,3-10,12,14-15,18-32H2,1-2H3. The number of alkyl halides is 1. The average molecular weight is 496 g/mol. The zero-order valence-corrected chi connectivity index (χ0v) is 24.3. The highest BCUT2D eigenvalue weighted by Crippen LogP contribution is 2.12. The lowest BCUT2D eigenvalue weighted by molar-refractivity contribution is 0.274. The summed E-state index contributed by atoms with van der Waals surface area (Å²) in [5, 5.41) is 0. The number of unbranched alkanes of at least 4 members (excludes halogenated alkanes) is 18. The third kappa shape index (κ3) is 28.0. The van der Waals surface area contributed by atoms with Crippen LogP contribution < -0.4 is 0 Å². The van der Waals surface area contributed by atoms with Crippen molar-refractivity contribution in [3.05, 3.63) is 24.3 Å². The Morgan fingerprint density at radius 3 is 1.29 bits per heavy atom. The second-order valence-corrected chi connectivity index (χ2v) is 10.7. The predicted molar refractivity (Wildman–Crippen MR) is 158 cm³/mol. The number of halogens is 1. The molecular formula is C32H62ClN. The largest absolute Gasteiger partial charge is 0.302 e. The average Bonchev–Trinajstić information content (AvgIpc) is 2.84. The quantitative estimate of drug-likeness (QED) is 0.0592. The molecule has 202 valence electrons. The van der Waals surface area contributed by atoms with Crippen LogP contribution in [0.2, 0.25) is 0 Å². The van der Waals surface area contributed by atoms with E-state index in [4.69, 9.17) is 11.6 Å². The van der Waals surface area contributed by atoms with Crippen molar-refractivity contribution >= 4 is 11.6 Å². The van der Waals surface area contributed by atoms with E-state index in [9.17, 15) is 0 Å². The van der Waals surface area contributed by atoms with Crippen molar-refractivity contribution in [3.63, 3.8) is 0 Å². The van der Waals surface area contributed by atoms with Crippen molar-refractivity contribution in [2.75, 3.05) is 25.5 Å². The minimum absolute atomic E-state index is 0.778. The minimum Gasteiger partial charge on any atom is -0.302 e. The van der Waals surface area contributed by atoms with Crippen molar-refractivity contribution < 1.29 is 0 Å². The zero-order chi connectivity index (χ0) is 24.8. The first-order valence-corrected chi connectivity index (χ1v) is 16.0. The molecule has 0 amide bonds. The van der Waals surface area contributed by atoms with Crippen LogP contribution >= 0.6 is 11.6 Å². The smallest absolute Gasteiger partial charge is 0.0351 e. The molecule has 0 fully saturated rings. The monoisotopic (exact) mass is 495 g/mol. The molecule has 0 aliphatic rings. The second kappa shape index (κ2) is 30.8. The summed E-state index contributed by atoms with van der Waals surface area (Å²) in [6, 6.07) is 0. The summed E-state index contributed by atoms with van der Waals surface area (Å²) in [6.45, 7) is 8.13. The summed E-state index contributed by atoms with van der Waals surface area (Å²) >= 11 is 6.06. The molecule has 0 heterocycles. The molecule has 0 spiro atoms. The number of allylic oxidation sites excluding steroid dienone is 4. The van der Waals surface area contributed by atoms with Gasteiger partial charge in [0.15, 0.2) is 0 Å². The van der Waals surface area contributed by atoms with Crippen LogP contribution in [0.5, 0.6) is 0 Å². The minimum atomic E-state index is 0.778. The van der Waals surface area contributed by atoms with Gasteiger partial charge in [-0.2, -0.15) is 0 Å². The Labute approximate surface area is 221 Å². The van der Waals surface area contributed by atoms with Crippen LogP contribution in [0.1, 0.15) is 155 Å². The molecule has 0 aliphatic heterocycles. The Bertz CT molecular complexity index is 417. The summed E-state index contributed by atoms with van der Waals surface area (Å²) in [7, 11) is 0. The van der Waals surface area contributed by atoms with Crippen molar-refractivity contribution in [1.82, 2.24) is 4.90 Å². The Balaban J connectivity index is 3.46. The van der Waals surface area contributed by atoms with Crippen LogP contribution in [0.4, 0.5) is 0 Å². The van der Waals surface area contributed by atoms with Gasteiger partial charge in [-0.15, -0.1) is 11.6 Å². The maximum absolute atomic E-state index is 6.06. The first kappa shape index (κ1) is 33.7. The van der Waals surface area contributed by atoms with Crippen molar-refractivity contribution in [2.45, 2.75) is 155 Å². The van der Waals surface area contributed by atoms with E-state index in [0.29, 0.717) is 0 Å². The van der Waals surface area contributed by atoms with Gasteiger partial charge in [-0.1, -0.05) is 134 Å². The third-order valence-corrected chi connectivity index (χ3v) is 7.07. The molecule has 34 heavy (non-hydrogen) atoms. The van der Waals surface area contributed by atoms with Gasteiger partial charge in [0.25, 0.3) is 0 Å². The fraction of sp³-hybridized carbons (Fsp3) is 0.875. The van der Waals surface area contributed by atoms with Gasteiger partial charge in [-0.25, -0.2) is 0 Å². The highest BCUT2D eigenvalue weighted by atomic mass is 35.5. The third-order valence-electron chi connectivity index (χ3n) is 6.90. The first-order chi connectivity index (χ1) is 16.8. The van der Waals surface area contributed by atoms with Gasteiger partial charge in [-0.05, 0) is 58.0 Å². The van der Waals surface area contributed by atoms with Crippen LogP contribution in [-0.4, -0.2) is 30.4 Å². The van der Waals surface area contributed by atoms with Crippen LogP contribution in [-0.2, 0) is 0 Å². The number of nitrogens with zero attached hydrogens (tertiary/aromatic N) is 1. The molecule has 1 nitrogen and oxygen atoms in total. The molecule has 0 bridgehead atoms. The molecule has 0 aromatic rings. The van der Waals surface area contributed by atoms with Gasteiger partial charge in [0, 0.05) is 12.4 Å². The summed E-state index contributed by atoms with van der Waals surface area (Å²) in [6.07, 6.45) is 39.5. The normalized spacial score (nSPS) is 12.1. The van der Waals surface area contributed by atoms with Gasteiger partial charge in [0.05, 0.1) is 0 Å². The molecule has 0 aromatic carbocycles. The van der Waals surface area contributed by atoms with E-state index in [1.807, 2.05) is 0 Å². The maximum Gasteiger partial charge on any atom is 0.0351 e. The van der Waals surface area contributed by atoms with Gasteiger partial charge >= 0.3 is 0 Å². The highest BCUT2D eigenvalue weighted by molar-refractivity contribution is 6.18. The van der Waals surface area contributed by atoms with E-state index < -0.39 is 0 Å². The van der Waals surface area contributed by atoms with Crippen LogP contribution in [0.15, 0.2) is 24.3 Å². The molecule has 0 rings (SSSR count). The molecule has 2 heteroatoms. The topological polar surface area (TPSA) is 3.24 Å². The molecule has 0 saturated heterocycles. The molecule has 0 aliphatic carbocycles. The zero-order valence-electron chi connectivity index (χ0n) is 23.5. The van der Waals surface area contributed by atoms with Gasteiger partial charge < -0.3 is 4.90 Å². The highest BCUT2D eigenvalue weighted by Gasteiger charge is 2.04. The van der Waals surface area contributed by atoms with E-state index in [-0.39, 0.29) is 0 Å². The van der Waals surface area contributed by atoms with Crippen LogP contribution in [0.3, 0.4) is 0 Å². The molecular weight excluding hydrogens is 434 g/mol. The molecule has 0 aromatic heterocycles. The van der Waals surface area contributed by atoms with Crippen molar-refractivity contribution in [1.29, 1.82) is 0 Å². The number of rotatable bonds is 28. The van der Waals surface area contributed by atoms with Gasteiger partial charge in [-0.3, -0.25) is 0 Å². The van der Waals surface area contributed by atoms with E-state index in [2.05, 4.69) is 43.1 Å². The summed E-state index contributed by atoms with van der Waals surface area (Å²) in [5.41, 5.74) is 0. The van der Waals surface area contributed by atoms with Crippen molar-refractivity contribution in [2.24, 2.45) is 0 Å². The fourth-order valence-electron chi connectivity index (χ4n) is 4.60. The molecule has 0 radical (unpaired) electrons. The number of hydrogen-bond acceptors (Lipinski definition) is 1. The van der Waals surface area contributed by atoms with Crippen molar-refractivity contribution in [3.8, 4) is 0 Å². The second-order valence-electron chi connectivity index (χ2n) is 10.3. The van der Waals surface area contributed by atoms with Crippen LogP contribution in [0.25, 0.3) is 0 Å². The summed E-state index contributed by atoms with van der Waals surface area (Å²) in [5.74, 6) is 0.778. The predicted octanol–water partition coefficient (Wildman–Crippen LogP) is 11.3. The summed E-state index contributed by atoms with van der Waals surface area (Å²) < 4.78 is 0. The van der Waals surface area contributed by atoms with Gasteiger partial charge in [0.2, 0.25) is 0 Å². The molecule has 0 atom stereocenters. The molecule has 0 saturated carbocycles. The Hall–Kier alpha value is -0.270. The summed E-state index contributed by atoms with van der Waals surface area (Å²) in [4.78, 5) is 2.61. The SMILES string of the molecule is CCCCCC=CCC=CCCCCCCCCN(CCCl)CCCCCCCCCCCC. The number of hydrogen-bond donors (Lipinski definition) is 0. The lowest BCUT2D eigenvalue weighted by Gasteiger charge is -2.21. The fourth-order valence-corrected chi connectivity index (χ4v) is 4.84. The lowest BCUT2D eigenvalue weighted by Crippen LogP contribution is -2.28. The van der Waals surface area contributed by atoms with Gasteiger partial charge in [0.1, 0.15) is 0 Å². The Morgan fingerprint density at radius 1 is 0.441 bits per heavy atom. The first-order valence-electron chi connectivity index (χ1n) is 15.4. The van der Waals surface area contributed by atoms with E-state index in [1.165, 1.54) is 148 Å².